The number of hydrogen-bond acceptors (Lipinski definition) is 5. The first-order chi connectivity index (χ1) is 13.1. The zero-order chi connectivity index (χ0) is 19.2. The summed E-state index contributed by atoms with van der Waals surface area (Å²) in [4.78, 5) is 14.4. The molecule has 1 N–H and O–H groups in total. The predicted molar refractivity (Wildman–Crippen MR) is 95.4 cm³/mol. The Bertz CT molecular complexity index is 838. The summed E-state index contributed by atoms with van der Waals surface area (Å²) in [6.45, 7) is 0. The number of halogens is 1. The minimum Gasteiger partial charge on any atom is -0.192 e. The number of methoxy groups -OCH3 is 1. The number of carbonyl (C=O) groups is 1. The average molecular weight is 481 g/mol. The van der Waals surface area contributed by atoms with Crippen LogP contribution in [0.1, 0.15) is 41.6 Å². The number of nitriles is 1. The molecule has 8 heteroatoms. The van der Waals surface area contributed by atoms with Gasteiger partial charge in [-0.05, 0) is 6.07 Å². The number of aromatic nitrogens is 2. The molecule has 0 atom stereocenters. The van der Waals surface area contributed by atoms with E-state index < -0.39 is 0 Å². The maximum atomic E-state index is 12.3. The van der Waals surface area contributed by atoms with Gasteiger partial charge in [0.1, 0.15) is 11.8 Å². The maximum absolute atomic E-state index is 12.3. The van der Waals surface area contributed by atoms with Crippen LogP contribution in [0.15, 0.2) is 30.6 Å². The summed E-state index contributed by atoms with van der Waals surface area (Å²) in [5.74, 6) is 1.17. The molecule has 7 nitrogen and oxygen atoms in total. The zero-order valence-electron chi connectivity index (χ0n) is 15.3. The van der Waals surface area contributed by atoms with Crippen molar-refractivity contribution >= 4 is 5.91 Å². The third-order valence-electron chi connectivity index (χ3n) is 4.59. The molecule has 144 valence electrons. The number of hydrogen-bond donors (Lipinski definition) is 1. The molecule has 0 unspecified atom stereocenters. The molecule has 1 aliphatic rings. The summed E-state index contributed by atoms with van der Waals surface area (Å²) < 4.78 is 13.1. The van der Waals surface area contributed by atoms with Crippen LogP contribution < -0.4 is 36.3 Å². The summed E-state index contributed by atoms with van der Waals surface area (Å²) >= 11 is -0.172. The normalized spacial score (nSPS) is 19.3. The Labute approximate surface area is 169 Å². The van der Waals surface area contributed by atoms with Crippen LogP contribution in [0.2, 0.25) is 0 Å². The molecule has 0 saturated heterocycles. The molecule has 0 spiro atoms. The summed E-state index contributed by atoms with van der Waals surface area (Å²) in [5, 5.41) is 16.3. The first kappa shape index (κ1) is 19.5. The van der Waals surface area contributed by atoms with Crippen molar-refractivity contribution in [2.24, 2.45) is 0 Å². The van der Waals surface area contributed by atoms with E-state index in [1.807, 2.05) is 9.09 Å². The second-order valence-corrected chi connectivity index (χ2v) is 8.28. The molecule has 0 bridgehead atoms. The molecule has 1 amide bonds. The number of benzene rings is 1. The minimum atomic E-state index is -0.172. The van der Waals surface area contributed by atoms with Crippen LogP contribution in [-0.4, -0.2) is 38.1 Å². The van der Waals surface area contributed by atoms with Crippen LogP contribution in [0.25, 0.3) is 0 Å². The monoisotopic (exact) mass is 481 g/mol. The van der Waals surface area contributed by atoms with Gasteiger partial charge in [0.05, 0.1) is 12.7 Å². The number of ether oxygens (including phenoxy) is 2. The van der Waals surface area contributed by atoms with E-state index in [0.717, 1.165) is 25.7 Å². The van der Waals surface area contributed by atoms with Crippen molar-refractivity contribution in [2.45, 2.75) is 37.8 Å². The number of rotatable bonds is 6. The first-order valence-electron chi connectivity index (χ1n) is 8.73. The molecule has 0 aliphatic heterocycles. The fourth-order valence-corrected chi connectivity index (χ4v) is 4.08. The Morgan fingerprint density at radius 2 is 2.15 bits per heavy atom. The van der Waals surface area contributed by atoms with Crippen molar-refractivity contribution in [1.29, 1.82) is 5.26 Å². The molecule has 1 aliphatic carbocycles. The molecule has 1 aromatic heterocycles. The Kier molecular flexibility index (Phi) is 6.55. The van der Waals surface area contributed by atoms with Crippen LogP contribution in [0.4, 0.5) is 0 Å². The van der Waals surface area contributed by atoms with E-state index in [2.05, 4.69) is 21.4 Å². The summed E-state index contributed by atoms with van der Waals surface area (Å²) in [6, 6.07) is 7.51. The molecule has 3 rings (SSSR count). The Morgan fingerprint density at radius 1 is 1.37 bits per heavy atom. The van der Waals surface area contributed by atoms with E-state index >= 15 is 0 Å². The number of alkyl halides is 1. The number of nitrogens with zero attached hydrogens (tertiary/aromatic N) is 3. The standard InChI is InChI=1S/C19H22IN4O3/c1-20-24-12-14(11-22-24)19(25)23-15-4-7-16(8-5-15)27-17-6-3-13(10-21)18(9-17)26-2/h3,6,9,11-12,15-16H,4-5,7-8H2,1-2H3,(H,23,25)/q-1. The van der Waals surface area contributed by atoms with Crippen molar-refractivity contribution in [1.82, 2.24) is 13.3 Å². The van der Waals surface area contributed by atoms with E-state index in [1.165, 1.54) is 0 Å². The Morgan fingerprint density at radius 3 is 2.78 bits per heavy atom. The molecule has 1 saturated carbocycles. The fraction of sp³-hybridized carbons (Fsp3) is 0.421. The van der Waals surface area contributed by atoms with E-state index in [0.29, 0.717) is 22.6 Å². The Balaban J connectivity index is 1.50. The van der Waals surface area contributed by atoms with Crippen molar-refractivity contribution in [2.75, 3.05) is 12.0 Å². The van der Waals surface area contributed by atoms with Crippen molar-refractivity contribution < 1.29 is 35.7 Å². The second-order valence-electron chi connectivity index (χ2n) is 6.33. The van der Waals surface area contributed by atoms with Gasteiger partial charge >= 0.3 is 129 Å². The third kappa shape index (κ3) is 4.91. The molecule has 1 heterocycles. The molecule has 0 radical (unpaired) electrons. The van der Waals surface area contributed by atoms with Gasteiger partial charge in [0.15, 0.2) is 0 Å². The second kappa shape index (κ2) is 9.08. The van der Waals surface area contributed by atoms with E-state index in [1.54, 1.807) is 31.5 Å². The minimum absolute atomic E-state index is 0.0556. The van der Waals surface area contributed by atoms with Crippen LogP contribution in [-0.2, 0) is 0 Å². The smallest absolute Gasteiger partial charge is 0.192 e. The van der Waals surface area contributed by atoms with Crippen LogP contribution in [0.3, 0.4) is 0 Å². The SMILES string of the molecule is COc1cc(OC2CCC(NC(=O)c3cnn([I-]C)c3)CC2)ccc1C#N. The fourth-order valence-electron chi connectivity index (χ4n) is 3.13. The number of amides is 1. The molecule has 2 aromatic rings. The van der Waals surface area contributed by atoms with Gasteiger partial charge in [-0.3, -0.25) is 0 Å². The zero-order valence-corrected chi connectivity index (χ0v) is 17.5. The summed E-state index contributed by atoms with van der Waals surface area (Å²) in [5.41, 5.74) is 1.12. The Hall–Kier alpha value is -2.28. The van der Waals surface area contributed by atoms with Gasteiger partial charge in [-0.25, -0.2) is 0 Å². The predicted octanol–water partition coefficient (Wildman–Crippen LogP) is -0.635. The number of carbonyl (C=O) groups excluding carboxylic acids is 1. The molecule has 1 fully saturated rings. The van der Waals surface area contributed by atoms with Gasteiger partial charge in [-0.15, -0.1) is 0 Å². The molecular formula is C19H22IN4O3-. The molecule has 27 heavy (non-hydrogen) atoms. The molecular weight excluding hydrogens is 459 g/mol. The average Bonchev–Trinajstić information content (AvgIpc) is 3.19. The van der Waals surface area contributed by atoms with Gasteiger partial charge in [0, 0.05) is 0 Å². The number of nitrogens with one attached hydrogen (secondary N) is 1. The van der Waals surface area contributed by atoms with Crippen LogP contribution in [0.5, 0.6) is 11.5 Å². The summed E-state index contributed by atoms with van der Waals surface area (Å²) in [7, 11) is 1.54. The van der Waals surface area contributed by atoms with E-state index in [9.17, 15) is 4.79 Å². The van der Waals surface area contributed by atoms with Gasteiger partial charge in [0.25, 0.3) is 0 Å². The molecule has 1 aromatic carbocycles. The van der Waals surface area contributed by atoms with E-state index in [-0.39, 0.29) is 39.5 Å². The van der Waals surface area contributed by atoms with Gasteiger partial charge in [-0.1, -0.05) is 0 Å². The van der Waals surface area contributed by atoms with Crippen LogP contribution >= 0.6 is 0 Å². The van der Waals surface area contributed by atoms with Crippen molar-refractivity contribution in [3.63, 3.8) is 0 Å². The van der Waals surface area contributed by atoms with E-state index in [4.69, 9.17) is 14.7 Å². The van der Waals surface area contributed by atoms with Gasteiger partial charge < -0.3 is 4.74 Å². The van der Waals surface area contributed by atoms with Gasteiger partial charge in [0.2, 0.25) is 0 Å². The quantitative estimate of drug-likeness (QED) is 0.439. The summed E-state index contributed by atoms with van der Waals surface area (Å²) in [6.07, 6.45) is 7.03. The van der Waals surface area contributed by atoms with Crippen molar-refractivity contribution in [3.05, 3.63) is 41.7 Å². The van der Waals surface area contributed by atoms with Crippen LogP contribution in [0, 0.1) is 11.3 Å². The van der Waals surface area contributed by atoms with Gasteiger partial charge in [-0.2, -0.15) is 5.26 Å². The third-order valence-corrected chi connectivity index (χ3v) is 6.11. The topological polar surface area (TPSA) is 89.2 Å². The van der Waals surface area contributed by atoms with Crippen molar-refractivity contribution in [3.8, 4) is 17.6 Å². The first-order valence-corrected chi connectivity index (χ1v) is 11.9.